The van der Waals surface area contributed by atoms with Gasteiger partial charge in [0.15, 0.2) is 0 Å². The molecule has 2 heterocycles. The monoisotopic (exact) mass is 372 g/mol. The molecule has 0 aliphatic heterocycles. The number of hydrogen-bond donors (Lipinski definition) is 2. The molecule has 0 bridgehead atoms. The molecule has 0 fully saturated rings. The standard InChI is InChI=1S/C18H14Cl2N4O/c19-12-7-13(20)9-16(8-12)24-14-4-6-22-17(10-14)18(25)23-11-15-3-1-2-5-21-15/h1-10H,11H2,(H,22,24)(H,23,25). The molecule has 1 amide bonds. The highest BCUT2D eigenvalue weighted by Gasteiger charge is 2.08. The second kappa shape index (κ2) is 7.96. The molecule has 3 rings (SSSR count). The van der Waals surface area contributed by atoms with E-state index in [-0.39, 0.29) is 5.91 Å². The van der Waals surface area contributed by atoms with Gasteiger partial charge in [-0.1, -0.05) is 29.3 Å². The normalized spacial score (nSPS) is 10.3. The third kappa shape index (κ3) is 4.92. The molecule has 0 radical (unpaired) electrons. The zero-order chi connectivity index (χ0) is 17.6. The Morgan fingerprint density at radius 2 is 1.72 bits per heavy atom. The number of carbonyl (C=O) groups excluding carboxylic acids is 1. The number of pyridine rings is 2. The van der Waals surface area contributed by atoms with Crippen LogP contribution in [-0.4, -0.2) is 15.9 Å². The van der Waals surface area contributed by atoms with E-state index < -0.39 is 0 Å². The van der Waals surface area contributed by atoms with Crippen LogP contribution in [0.15, 0.2) is 60.9 Å². The lowest BCUT2D eigenvalue weighted by molar-refractivity contribution is 0.0945. The molecule has 25 heavy (non-hydrogen) atoms. The van der Waals surface area contributed by atoms with Crippen LogP contribution in [0.4, 0.5) is 11.4 Å². The second-order valence-corrected chi connectivity index (χ2v) is 6.09. The molecule has 1 aromatic carbocycles. The van der Waals surface area contributed by atoms with Crippen molar-refractivity contribution in [2.45, 2.75) is 6.54 Å². The highest BCUT2D eigenvalue weighted by atomic mass is 35.5. The van der Waals surface area contributed by atoms with Gasteiger partial charge in [-0.15, -0.1) is 0 Å². The van der Waals surface area contributed by atoms with Crippen molar-refractivity contribution >= 4 is 40.5 Å². The van der Waals surface area contributed by atoms with E-state index in [0.717, 1.165) is 11.4 Å². The highest BCUT2D eigenvalue weighted by molar-refractivity contribution is 6.35. The molecule has 0 spiro atoms. The Labute approximate surface area is 155 Å². The van der Waals surface area contributed by atoms with Crippen LogP contribution in [0, 0.1) is 0 Å². The van der Waals surface area contributed by atoms with Crippen LogP contribution in [-0.2, 0) is 6.54 Å². The van der Waals surface area contributed by atoms with Crippen molar-refractivity contribution in [3.05, 3.63) is 82.4 Å². The summed E-state index contributed by atoms with van der Waals surface area (Å²) >= 11 is 12.0. The van der Waals surface area contributed by atoms with E-state index in [1.807, 2.05) is 18.2 Å². The highest BCUT2D eigenvalue weighted by Crippen LogP contribution is 2.25. The SMILES string of the molecule is O=C(NCc1ccccn1)c1cc(Nc2cc(Cl)cc(Cl)c2)ccn1. The second-order valence-electron chi connectivity index (χ2n) is 5.22. The van der Waals surface area contributed by atoms with Crippen LogP contribution in [0.1, 0.15) is 16.2 Å². The van der Waals surface area contributed by atoms with Crippen molar-refractivity contribution in [1.29, 1.82) is 0 Å². The van der Waals surface area contributed by atoms with E-state index in [1.165, 1.54) is 0 Å². The van der Waals surface area contributed by atoms with Crippen molar-refractivity contribution in [3.63, 3.8) is 0 Å². The summed E-state index contributed by atoms with van der Waals surface area (Å²) in [5, 5.41) is 6.99. The van der Waals surface area contributed by atoms with Gasteiger partial charge in [0.05, 0.1) is 12.2 Å². The average molecular weight is 373 g/mol. The molecule has 7 heteroatoms. The van der Waals surface area contributed by atoms with Crippen molar-refractivity contribution in [2.24, 2.45) is 0 Å². The summed E-state index contributed by atoms with van der Waals surface area (Å²) in [7, 11) is 0. The minimum Gasteiger partial charge on any atom is -0.355 e. The first kappa shape index (κ1) is 17.2. The summed E-state index contributed by atoms with van der Waals surface area (Å²) in [6.07, 6.45) is 3.24. The molecular weight excluding hydrogens is 359 g/mol. The largest absolute Gasteiger partial charge is 0.355 e. The van der Waals surface area contributed by atoms with Gasteiger partial charge in [0.1, 0.15) is 5.69 Å². The van der Waals surface area contributed by atoms with Gasteiger partial charge in [0, 0.05) is 33.8 Å². The third-order valence-corrected chi connectivity index (χ3v) is 3.74. The fourth-order valence-corrected chi connectivity index (χ4v) is 2.72. The van der Waals surface area contributed by atoms with Crippen LogP contribution in [0.3, 0.4) is 0 Å². The fraction of sp³-hybridized carbons (Fsp3) is 0.0556. The Bertz CT molecular complexity index is 867. The van der Waals surface area contributed by atoms with E-state index in [0.29, 0.717) is 28.0 Å². The molecule has 0 aliphatic rings. The number of benzene rings is 1. The maximum atomic E-state index is 12.3. The van der Waals surface area contributed by atoms with Gasteiger partial charge >= 0.3 is 0 Å². The van der Waals surface area contributed by atoms with Gasteiger partial charge in [-0.05, 0) is 42.5 Å². The number of hydrogen-bond acceptors (Lipinski definition) is 4. The third-order valence-electron chi connectivity index (χ3n) is 3.30. The molecular formula is C18H14Cl2N4O. The minimum atomic E-state index is -0.279. The van der Waals surface area contributed by atoms with Gasteiger partial charge in [0.25, 0.3) is 5.91 Å². The Morgan fingerprint density at radius 3 is 2.44 bits per heavy atom. The van der Waals surface area contributed by atoms with E-state index in [9.17, 15) is 4.79 Å². The summed E-state index contributed by atoms with van der Waals surface area (Å²) in [4.78, 5) is 20.5. The summed E-state index contributed by atoms with van der Waals surface area (Å²) in [6, 6.07) is 14.1. The first-order valence-corrected chi connectivity index (χ1v) is 8.23. The lowest BCUT2D eigenvalue weighted by Gasteiger charge is -2.09. The van der Waals surface area contributed by atoms with Gasteiger partial charge in [-0.3, -0.25) is 14.8 Å². The van der Waals surface area contributed by atoms with Crippen molar-refractivity contribution in [1.82, 2.24) is 15.3 Å². The Balaban J connectivity index is 1.69. The molecule has 5 nitrogen and oxygen atoms in total. The van der Waals surface area contributed by atoms with Crippen LogP contribution in [0.5, 0.6) is 0 Å². The Kier molecular flexibility index (Phi) is 5.48. The van der Waals surface area contributed by atoms with E-state index in [1.54, 1.807) is 42.7 Å². The quantitative estimate of drug-likeness (QED) is 0.693. The van der Waals surface area contributed by atoms with Crippen molar-refractivity contribution < 1.29 is 4.79 Å². The predicted molar refractivity (Wildman–Crippen MR) is 99.4 cm³/mol. The van der Waals surface area contributed by atoms with E-state index >= 15 is 0 Å². The molecule has 0 aliphatic carbocycles. The van der Waals surface area contributed by atoms with Gasteiger partial charge in [0.2, 0.25) is 0 Å². The zero-order valence-corrected chi connectivity index (χ0v) is 14.6. The molecule has 126 valence electrons. The number of nitrogens with one attached hydrogen (secondary N) is 2. The number of halogens is 2. The number of amides is 1. The number of rotatable bonds is 5. The maximum Gasteiger partial charge on any atom is 0.270 e. The summed E-state index contributed by atoms with van der Waals surface area (Å²) < 4.78 is 0. The van der Waals surface area contributed by atoms with E-state index in [2.05, 4.69) is 20.6 Å². The Morgan fingerprint density at radius 1 is 0.920 bits per heavy atom. The van der Waals surface area contributed by atoms with Crippen molar-refractivity contribution in [3.8, 4) is 0 Å². The summed E-state index contributed by atoms with van der Waals surface area (Å²) in [5.74, 6) is -0.279. The number of anilines is 2. The predicted octanol–water partition coefficient (Wildman–Crippen LogP) is 4.46. The van der Waals surface area contributed by atoms with Gasteiger partial charge in [-0.25, -0.2) is 0 Å². The lowest BCUT2D eigenvalue weighted by Crippen LogP contribution is -2.24. The first-order valence-electron chi connectivity index (χ1n) is 7.47. The fourth-order valence-electron chi connectivity index (χ4n) is 2.19. The minimum absolute atomic E-state index is 0.279. The smallest absolute Gasteiger partial charge is 0.270 e. The van der Waals surface area contributed by atoms with Crippen molar-refractivity contribution in [2.75, 3.05) is 5.32 Å². The lowest BCUT2D eigenvalue weighted by atomic mass is 10.2. The van der Waals surface area contributed by atoms with Crippen LogP contribution in [0.25, 0.3) is 0 Å². The summed E-state index contributed by atoms with van der Waals surface area (Å²) in [6.45, 7) is 0.336. The van der Waals surface area contributed by atoms with Crippen LogP contribution in [0.2, 0.25) is 10.0 Å². The first-order chi connectivity index (χ1) is 12.1. The van der Waals surface area contributed by atoms with Crippen LogP contribution >= 0.6 is 23.2 Å². The zero-order valence-electron chi connectivity index (χ0n) is 13.0. The molecule has 0 saturated heterocycles. The topological polar surface area (TPSA) is 66.9 Å². The molecule has 0 atom stereocenters. The number of carbonyl (C=O) groups is 1. The van der Waals surface area contributed by atoms with Gasteiger partial charge < -0.3 is 10.6 Å². The number of aromatic nitrogens is 2. The molecule has 3 aromatic rings. The number of nitrogens with zero attached hydrogens (tertiary/aromatic N) is 2. The van der Waals surface area contributed by atoms with Crippen LogP contribution < -0.4 is 10.6 Å². The molecule has 2 N–H and O–H groups in total. The molecule has 0 saturated carbocycles. The van der Waals surface area contributed by atoms with Gasteiger partial charge in [-0.2, -0.15) is 0 Å². The average Bonchev–Trinajstić information content (AvgIpc) is 2.60. The maximum absolute atomic E-state index is 12.3. The Hall–Kier alpha value is -2.63. The molecule has 2 aromatic heterocycles. The van der Waals surface area contributed by atoms with E-state index in [4.69, 9.17) is 23.2 Å². The molecule has 0 unspecified atom stereocenters. The summed E-state index contributed by atoms with van der Waals surface area (Å²) in [5.41, 5.74) is 2.51.